The highest BCUT2D eigenvalue weighted by Gasteiger charge is 2.29. The Morgan fingerprint density at radius 3 is 2.12 bits per heavy atom. The number of nitrogens with two attached hydrogens (primary N) is 1. The minimum atomic E-state index is -0.608. The summed E-state index contributed by atoms with van der Waals surface area (Å²) in [6.07, 6.45) is 0. The SMILES string of the molecule is CN1CCN(C(N)=NC(=Nc2cc(C(C)(C)c3ccc(-c4ccccc4)c(F)c3)no2)N2CCN(C)CC2)CC1. The number of hydrogen-bond acceptors (Lipinski definition) is 5. The lowest BCUT2D eigenvalue weighted by atomic mass is 9.81. The first-order chi connectivity index (χ1) is 19.2. The molecule has 2 saturated heterocycles. The fourth-order valence-electron chi connectivity index (χ4n) is 5.00. The van der Waals surface area contributed by atoms with E-state index in [0.717, 1.165) is 63.5 Å². The van der Waals surface area contributed by atoms with Crippen LogP contribution in [0.5, 0.6) is 0 Å². The molecule has 0 bridgehead atoms. The minimum Gasteiger partial charge on any atom is -0.369 e. The smallest absolute Gasteiger partial charge is 0.253 e. The maximum atomic E-state index is 15.2. The number of hydrogen-bond donors (Lipinski definition) is 1. The average molecular weight is 547 g/mol. The normalized spacial score (nSPS) is 18.4. The molecule has 0 atom stereocenters. The van der Waals surface area contributed by atoms with Crippen LogP contribution in [0.2, 0.25) is 0 Å². The van der Waals surface area contributed by atoms with Gasteiger partial charge in [0.05, 0.1) is 5.69 Å². The fraction of sp³-hybridized carbons (Fsp3) is 0.433. The van der Waals surface area contributed by atoms with Crippen molar-refractivity contribution in [3.8, 4) is 11.1 Å². The lowest BCUT2D eigenvalue weighted by Gasteiger charge is -2.35. The fourth-order valence-corrected chi connectivity index (χ4v) is 5.00. The Morgan fingerprint density at radius 2 is 1.50 bits per heavy atom. The van der Waals surface area contributed by atoms with Crippen LogP contribution in [0.4, 0.5) is 10.3 Å². The van der Waals surface area contributed by atoms with E-state index < -0.39 is 5.41 Å². The summed E-state index contributed by atoms with van der Waals surface area (Å²) >= 11 is 0. The second kappa shape index (κ2) is 11.8. The zero-order chi connectivity index (χ0) is 28.3. The zero-order valence-corrected chi connectivity index (χ0v) is 23.8. The van der Waals surface area contributed by atoms with Crippen LogP contribution >= 0.6 is 0 Å². The second-order valence-corrected chi connectivity index (χ2v) is 11.2. The summed E-state index contributed by atoms with van der Waals surface area (Å²) in [5, 5.41) is 4.34. The van der Waals surface area contributed by atoms with Crippen molar-refractivity contribution in [2.24, 2.45) is 15.7 Å². The molecule has 2 aliphatic rings. The minimum absolute atomic E-state index is 0.274. The van der Waals surface area contributed by atoms with Gasteiger partial charge in [-0.15, -0.1) is 0 Å². The average Bonchev–Trinajstić information content (AvgIpc) is 3.43. The molecule has 3 heterocycles. The van der Waals surface area contributed by atoms with Crippen molar-refractivity contribution in [2.75, 3.05) is 66.5 Å². The van der Waals surface area contributed by atoms with Crippen molar-refractivity contribution in [2.45, 2.75) is 19.3 Å². The predicted octanol–water partition coefficient (Wildman–Crippen LogP) is 3.60. The quantitative estimate of drug-likeness (QED) is 0.395. The molecule has 2 aromatic carbocycles. The Bertz CT molecular complexity index is 1350. The molecule has 212 valence electrons. The van der Waals surface area contributed by atoms with Crippen molar-refractivity contribution in [3.05, 3.63) is 71.7 Å². The van der Waals surface area contributed by atoms with E-state index in [1.165, 1.54) is 0 Å². The Hall–Kier alpha value is -3.76. The van der Waals surface area contributed by atoms with Gasteiger partial charge in [-0.05, 0) is 31.3 Å². The highest BCUT2D eigenvalue weighted by molar-refractivity contribution is 5.95. The lowest BCUT2D eigenvalue weighted by Crippen LogP contribution is -2.51. The van der Waals surface area contributed by atoms with Crippen LogP contribution in [0.1, 0.15) is 25.1 Å². The van der Waals surface area contributed by atoms with Gasteiger partial charge in [0.25, 0.3) is 5.88 Å². The number of guanidine groups is 2. The predicted molar refractivity (Wildman–Crippen MR) is 157 cm³/mol. The highest BCUT2D eigenvalue weighted by atomic mass is 19.1. The van der Waals surface area contributed by atoms with Crippen molar-refractivity contribution >= 4 is 17.8 Å². The number of likely N-dealkylation sites (N-methyl/N-ethyl adjacent to an activating group) is 2. The molecule has 0 spiro atoms. The van der Waals surface area contributed by atoms with E-state index in [2.05, 4.69) is 38.9 Å². The van der Waals surface area contributed by atoms with E-state index in [-0.39, 0.29) is 5.82 Å². The molecule has 0 aliphatic carbocycles. The molecule has 3 aromatic rings. The van der Waals surface area contributed by atoms with Gasteiger partial charge in [0.2, 0.25) is 5.96 Å². The van der Waals surface area contributed by atoms with Crippen LogP contribution in [0, 0.1) is 5.82 Å². The molecule has 2 aliphatic heterocycles. The largest absolute Gasteiger partial charge is 0.369 e. The van der Waals surface area contributed by atoms with E-state index in [0.29, 0.717) is 29.1 Å². The molecule has 0 amide bonds. The Balaban J connectivity index is 1.41. The van der Waals surface area contributed by atoms with Gasteiger partial charge in [0.1, 0.15) is 5.82 Å². The topological polar surface area (TPSA) is 89.7 Å². The molecule has 0 unspecified atom stereocenters. The summed E-state index contributed by atoms with van der Waals surface area (Å²) < 4.78 is 20.9. The van der Waals surface area contributed by atoms with Gasteiger partial charge in [-0.25, -0.2) is 4.39 Å². The van der Waals surface area contributed by atoms with Gasteiger partial charge in [0.15, 0.2) is 5.96 Å². The van der Waals surface area contributed by atoms with E-state index in [1.807, 2.05) is 56.3 Å². The third-order valence-corrected chi connectivity index (χ3v) is 7.95. The summed E-state index contributed by atoms with van der Waals surface area (Å²) in [5.74, 6) is 1.04. The van der Waals surface area contributed by atoms with Crippen LogP contribution in [0.25, 0.3) is 11.1 Å². The standard InChI is InChI=1S/C30H39FN8O/c1-30(2,23-10-11-24(25(31)20-23)22-8-6-5-7-9-22)26-21-27(40-35-26)33-29(39-18-14-37(4)15-19-39)34-28(32)38-16-12-36(3)13-17-38/h5-11,20-21H,12-19H2,1-4H3,(H2,32,33,34). The molecule has 0 saturated carbocycles. The number of rotatable bonds is 4. The maximum absolute atomic E-state index is 15.2. The maximum Gasteiger partial charge on any atom is 0.253 e. The third kappa shape index (κ3) is 6.18. The lowest BCUT2D eigenvalue weighted by molar-refractivity contribution is 0.210. The highest BCUT2D eigenvalue weighted by Crippen LogP contribution is 2.35. The molecule has 0 radical (unpaired) electrons. The van der Waals surface area contributed by atoms with Crippen LogP contribution in [-0.4, -0.2) is 103 Å². The number of nitrogens with zero attached hydrogens (tertiary/aromatic N) is 7. The number of aliphatic imine (C=N–C) groups is 2. The molecule has 10 heteroatoms. The summed E-state index contributed by atoms with van der Waals surface area (Å²) in [4.78, 5) is 18.3. The van der Waals surface area contributed by atoms with Gasteiger partial charge in [-0.2, -0.15) is 9.98 Å². The summed E-state index contributed by atoms with van der Waals surface area (Å²) in [7, 11) is 4.22. The number of piperazine rings is 2. The first-order valence-electron chi connectivity index (χ1n) is 13.8. The third-order valence-electron chi connectivity index (χ3n) is 7.95. The van der Waals surface area contributed by atoms with Crippen molar-refractivity contribution in [1.82, 2.24) is 24.8 Å². The van der Waals surface area contributed by atoms with Crippen molar-refractivity contribution < 1.29 is 8.91 Å². The molecule has 40 heavy (non-hydrogen) atoms. The van der Waals surface area contributed by atoms with E-state index in [9.17, 15) is 0 Å². The van der Waals surface area contributed by atoms with Crippen LogP contribution in [0.15, 0.2) is 69.1 Å². The van der Waals surface area contributed by atoms with E-state index in [1.54, 1.807) is 12.1 Å². The van der Waals surface area contributed by atoms with Gasteiger partial charge >= 0.3 is 0 Å². The number of aromatic nitrogens is 1. The van der Waals surface area contributed by atoms with E-state index >= 15 is 4.39 Å². The molecule has 2 N–H and O–H groups in total. The Labute approximate surface area is 235 Å². The molecule has 2 fully saturated rings. The van der Waals surface area contributed by atoms with Crippen molar-refractivity contribution in [1.29, 1.82) is 0 Å². The molecular weight excluding hydrogens is 507 g/mol. The molecule has 5 rings (SSSR count). The molecule has 9 nitrogen and oxygen atoms in total. The van der Waals surface area contributed by atoms with Crippen LogP contribution < -0.4 is 5.73 Å². The van der Waals surface area contributed by atoms with Crippen molar-refractivity contribution in [3.63, 3.8) is 0 Å². The van der Waals surface area contributed by atoms with Crippen LogP contribution in [0.3, 0.4) is 0 Å². The second-order valence-electron chi connectivity index (χ2n) is 11.2. The Kier molecular flexibility index (Phi) is 8.18. The Morgan fingerprint density at radius 1 is 0.875 bits per heavy atom. The van der Waals surface area contributed by atoms with Gasteiger partial charge in [0, 0.05) is 69.4 Å². The van der Waals surface area contributed by atoms with Gasteiger partial charge in [-0.3, -0.25) is 0 Å². The summed E-state index contributed by atoms with van der Waals surface area (Å²) in [5.41, 5.74) is 8.72. The first-order valence-corrected chi connectivity index (χ1v) is 13.8. The summed E-state index contributed by atoms with van der Waals surface area (Å²) in [6.45, 7) is 10.9. The first kappa shape index (κ1) is 27.8. The van der Waals surface area contributed by atoms with Gasteiger partial charge < -0.3 is 29.9 Å². The molecular formula is C30H39FN8O. The zero-order valence-electron chi connectivity index (χ0n) is 23.8. The van der Waals surface area contributed by atoms with Crippen LogP contribution in [-0.2, 0) is 5.41 Å². The number of halogens is 1. The monoisotopic (exact) mass is 546 g/mol. The molecule has 1 aromatic heterocycles. The number of benzene rings is 2. The van der Waals surface area contributed by atoms with E-state index in [4.69, 9.17) is 20.2 Å². The van der Waals surface area contributed by atoms with Gasteiger partial charge in [-0.1, -0.05) is 61.5 Å². The summed E-state index contributed by atoms with van der Waals surface area (Å²) in [6, 6.07) is 16.7.